The van der Waals surface area contributed by atoms with Gasteiger partial charge in [0.25, 0.3) is 0 Å². The molecule has 0 radical (unpaired) electrons. The predicted octanol–water partition coefficient (Wildman–Crippen LogP) is 14.4. The molecule has 10 aromatic rings. The lowest BCUT2D eigenvalue weighted by Crippen LogP contribution is -2.10. The van der Waals surface area contributed by atoms with Crippen molar-refractivity contribution < 1.29 is 0 Å². The van der Waals surface area contributed by atoms with Crippen LogP contribution in [0.1, 0.15) is 0 Å². The summed E-state index contributed by atoms with van der Waals surface area (Å²) in [7, 11) is 0. The highest BCUT2D eigenvalue weighted by atomic mass is 15.1. The average molecular weight is 689 g/mol. The maximum Gasteiger partial charge on any atom is 0.0547 e. The average Bonchev–Trinajstić information content (AvgIpc) is 3.60. The van der Waals surface area contributed by atoms with Gasteiger partial charge in [0, 0.05) is 33.5 Å². The number of benzene rings is 9. The molecule has 0 spiro atoms. The van der Waals surface area contributed by atoms with E-state index in [0.29, 0.717) is 0 Å². The molecule has 9 aromatic carbocycles. The van der Waals surface area contributed by atoms with Crippen LogP contribution in [0.25, 0.3) is 71.6 Å². The van der Waals surface area contributed by atoms with Gasteiger partial charge in [0.2, 0.25) is 0 Å². The molecule has 254 valence electrons. The quantitative estimate of drug-likeness (QED) is 0.162. The van der Waals surface area contributed by atoms with Crippen molar-refractivity contribution in [1.82, 2.24) is 4.57 Å². The summed E-state index contributed by atoms with van der Waals surface area (Å²) in [6.45, 7) is 0. The topological polar surface area (TPSA) is 8.17 Å². The third-order valence-corrected chi connectivity index (χ3v) is 10.6. The van der Waals surface area contributed by atoms with Gasteiger partial charge in [-0.1, -0.05) is 158 Å². The van der Waals surface area contributed by atoms with Crippen LogP contribution in [0.4, 0.5) is 17.1 Å². The molecule has 0 unspecified atom stereocenters. The number of rotatable bonds is 7. The fourth-order valence-electron chi connectivity index (χ4n) is 8.07. The zero-order valence-corrected chi connectivity index (χ0v) is 29.7. The summed E-state index contributed by atoms with van der Waals surface area (Å²) >= 11 is 0. The number of hydrogen-bond donors (Lipinski definition) is 0. The molecule has 1 heterocycles. The van der Waals surface area contributed by atoms with E-state index in [0.717, 1.165) is 22.7 Å². The van der Waals surface area contributed by atoms with Crippen molar-refractivity contribution in [2.75, 3.05) is 4.90 Å². The second-order valence-electron chi connectivity index (χ2n) is 13.8. The maximum atomic E-state index is 2.42. The van der Waals surface area contributed by atoms with Crippen molar-refractivity contribution in [2.45, 2.75) is 0 Å². The Bertz CT molecular complexity index is 2910. The largest absolute Gasteiger partial charge is 0.310 e. The number of nitrogens with zero attached hydrogens (tertiary/aromatic N) is 2. The summed E-state index contributed by atoms with van der Waals surface area (Å²) in [5.74, 6) is 0. The molecule has 0 amide bonds. The van der Waals surface area contributed by atoms with Crippen LogP contribution in [0.15, 0.2) is 218 Å². The Morgan fingerprint density at radius 3 is 1.57 bits per heavy atom. The normalized spacial score (nSPS) is 11.3. The Labute approximate surface area is 315 Å². The Kier molecular flexibility index (Phi) is 7.85. The number of hydrogen-bond acceptors (Lipinski definition) is 1. The molecule has 0 saturated carbocycles. The minimum Gasteiger partial charge on any atom is -0.310 e. The van der Waals surface area contributed by atoms with Crippen molar-refractivity contribution in [3.8, 4) is 39.1 Å². The van der Waals surface area contributed by atoms with E-state index < -0.39 is 0 Å². The van der Waals surface area contributed by atoms with Gasteiger partial charge < -0.3 is 9.47 Å². The standard InChI is InChI=1S/C52H36N2/c1-4-15-37(16-5-1)39-29-32-44(33-30-39)53(45-24-12-20-41(35-45)38-17-6-2-7-18-38)46-25-13-21-42(36-46)48-27-14-28-49-52(48)51-47-26-11-10-19-40(47)31-34-50(51)54(49)43-22-8-3-9-23-43/h1-36H. The highest BCUT2D eigenvalue weighted by molar-refractivity contribution is 6.25. The van der Waals surface area contributed by atoms with Crippen molar-refractivity contribution in [1.29, 1.82) is 0 Å². The van der Waals surface area contributed by atoms with Gasteiger partial charge in [0.05, 0.1) is 11.0 Å². The fraction of sp³-hybridized carbons (Fsp3) is 0. The van der Waals surface area contributed by atoms with Gasteiger partial charge in [0.1, 0.15) is 0 Å². The SMILES string of the molecule is c1ccc(-c2ccc(N(c3cccc(-c4ccccc4)c3)c3cccc(-c4cccc5c4c4c6ccccc6ccc4n5-c4ccccc4)c3)cc2)cc1. The number of fused-ring (bicyclic) bond motifs is 5. The van der Waals surface area contributed by atoms with Gasteiger partial charge >= 0.3 is 0 Å². The molecule has 2 nitrogen and oxygen atoms in total. The zero-order valence-electron chi connectivity index (χ0n) is 29.7. The van der Waals surface area contributed by atoms with Gasteiger partial charge in [-0.25, -0.2) is 0 Å². The van der Waals surface area contributed by atoms with Crippen molar-refractivity contribution >= 4 is 49.6 Å². The van der Waals surface area contributed by atoms with E-state index in [-0.39, 0.29) is 0 Å². The Morgan fingerprint density at radius 1 is 0.315 bits per heavy atom. The van der Waals surface area contributed by atoms with E-state index in [4.69, 9.17) is 0 Å². The summed E-state index contributed by atoms with van der Waals surface area (Å²) < 4.78 is 2.42. The summed E-state index contributed by atoms with van der Waals surface area (Å²) in [6, 6.07) is 78.8. The van der Waals surface area contributed by atoms with Crippen molar-refractivity contribution in [3.63, 3.8) is 0 Å². The van der Waals surface area contributed by atoms with Crippen LogP contribution in [0.3, 0.4) is 0 Å². The van der Waals surface area contributed by atoms with E-state index in [2.05, 4.69) is 228 Å². The second kappa shape index (κ2) is 13.4. The third-order valence-electron chi connectivity index (χ3n) is 10.6. The molecule has 0 N–H and O–H groups in total. The van der Waals surface area contributed by atoms with Crippen LogP contribution in [-0.2, 0) is 0 Å². The molecule has 0 atom stereocenters. The molecule has 10 rings (SSSR count). The Balaban J connectivity index is 1.18. The van der Waals surface area contributed by atoms with Crippen molar-refractivity contribution in [2.24, 2.45) is 0 Å². The summed E-state index contributed by atoms with van der Waals surface area (Å²) in [4.78, 5) is 2.38. The van der Waals surface area contributed by atoms with Crippen LogP contribution in [0.2, 0.25) is 0 Å². The highest BCUT2D eigenvalue weighted by Gasteiger charge is 2.20. The molecule has 0 aliphatic carbocycles. The lowest BCUT2D eigenvalue weighted by atomic mass is 9.96. The smallest absolute Gasteiger partial charge is 0.0547 e. The Hall–Kier alpha value is -7.16. The van der Waals surface area contributed by atoms with Gasteiger partial charge in [-0.15, -0.1) is 0 Å². The van der Waals surface area contributed by atoms with Gasteiger partial charge in [0.15, 0.2) is 0 Å². The van der Waals surface area contributed by atoms with Crippen molar-refractivity contribution in [3.05, 3.63) is 218 Å². The first-order valence-corrected chi connectivity index (χ1v) is 18.5. The van der Waals surface area contributed by atoms with Gasteiger partial charge in [-0.2, -0.15) is 0 Å². The molecular weight excluding hydrogens is 653 g/mol. The predicted molar refractivity (Wildman–Crippen MR) is 229 cm³/mol. The molecular formula is C52H36N2. The number of aromatic nitrogens is 1. The summed E-state index contributed by atoms with van der Waals surface area (Å²) in [6.07, 6.45) is 0. The lowest BCUT2D eigenvalue weighted by molar-refractivity contribution is 1.18. The monoisotopic (exact) mass is 688 g/mol. The molecule has 0 aliphatic rings. The minimum atomic E-state index is 1.10. The van der Waals surface area contributed by atoms with E-state index in [1.165, 1.54) is 66.0 Å². The van der Waals surface area contributed by atoms with Gasteiger partial charge in [-0.05, 0) is 105 Å². The van der Waals surface area contributed by atoms with Gasteiger partial charge in [-0.3, -0.25) is 0 Å². The molecule has 0 fully saturated rings. The zero-order chi connectivity index (χ0) is 35.8. The molecule has 0 saturated heterocycles. The molecule has 2 heteroatoms. The van der Waals surface area contributed by atoms with E-state index in [1.807, 2.05) is 0 Å². The van der Waals surface area contributed by atoms with E-state index >= 15 is 0 Å². The van der Waals surface area contributed by atoms with E-state index in [9.17, 15) is 0 Å². The summed E-state index contributed by atoms with van der Waals surface area (Å²) in [5, 5.41) is 5.03. The second-order valence-corrected chi connectivity index (χ2v) is 13.8. The molecule has 1 aromatic heterocycles. The maximum absolute atomic E-state index is 2.42. The molecule has 0 aliphatic heterocycles. The van der Waals surface area contributed by atoms with Crippen LogP contribution in [-0.4, -0.2) is 4.57 Å². The first-order chi connectivity index (χ1) is 26.8. The van der Waals surface area contributed by atoms with Crippen LogP contribution in [0.5, 0.6) is 0 Å². The Morgan fingerprint density at radius 2 is 0.852 bits per heavy atom. The number of anilines is 3. The number of para-hydroxylation sites is 1. The third kappa shape index (κ3) is 5.53. The highest BCUT2D eigenvalue weighted by Crippen LogP contribution is 2.44. The van der Waals surface area contributed by atoms with Crippen LogP contribution >= 0.6 is 0 Å². The first-order valence-electron chi connectivity index (χ1n) is 18.5. The first kappa shape index (κ1) is 31.6. The van der Waals surface area contributed by atoms with E-state index in [1.54, 1.807) is 0 Å². The summed E-state index contributed by atoms with van der Waals surface area (Å²) in [5.41, 5.74) is 14.0. The fourth-order valence-corrected chi connectivity index (χ4v) is 8.07. The van der Waals surface area contributed by atoms with Crippen LogP contribution < -0.4 is 4.90 Å². The lowest BCUT2D eigenvalue weighted by Gasteiger charge is -2.27. The molecule has 0 bridgehead atoms. The minimum absolute atomic E-state index is 1.10. The van der Waals surface area contributed by atoms with Crippen LogP contribution in [0, 0.1) is 0 Å². The molecule has 54 heavy (non-hydrogen) atoms.